The van der Waals surface area contributed by atoms with E-state index in [4.69, 9.17) is 10.5 Å². The minimum Gasteiger partial charge on any atom is -0.491 e. The predicted octanol–water partition coefficient (Wildman–Crippen LogP) is 3.17. The van der Waals surface area contributed by atoms with Gasteiger partial charge in [-0.3, -0.25) is 0 Å². The van der Waals surface area contributed by atoms with E-state index >= 15 is 0 Å². The summed E-state index contributed by atoms with van der Waals surface area (Å²) in [6, 6.07) is 7.99. The molecule has 0 amide bonds. The van der Waals surface area contributed by atoms with Crippen LogP contribution in [0, 0.1) is 0 Å². The lowest BCUT2D eigenvalue weighted by atomic mass is 9.85. The Bertz CT molecular complexity index is 382. The second kappa shape index (κ2) is 6.40. The highest BCUT2D eigenvalue weighted by Crippen LogP contribution is 2.29. The van der Waals surface area contributed by atoms with Crippen molar-refractivity contribution >= 4 is 0 Å². The van der Waals surface area contributed by atoms with Crippen LogP contribution < -0.4 is 10.5 Å². The van der Waals surface area contributed by atoms with Gasteiger partial charge in [0.1, 0.15) is 12.4 Å². The van der Waals surface area contributed by atoms with Gasteiger partial charge in [-0.15, -0.1) is 0 Å². The van der Waals surface area contributed by atoms with E-state index in [2.05, 4.69) is 6.92 Å². The minimum atomic E-state index is -0.628. The zero-order valence-corrected chi connectivity index (χ0v) is 11.8. The van der Waals surface area contributed by atoms with Gasteiger partial charge in [-0.1, -0.05) is 38.3 Å². The number of rotatable bonds is 5. The molecule has 1 aromatic rings. The number of benzene rings is 1. The van der Waals surface area contributed by atoms with Gasteiger partial charge in [-0.25, -0.2) is 0 Å². The van der Waals surface area contributed by atoms with Crippen molar-refractivity contribution in [2.75, 3.05) is 6.61 Å². The normalized spacial score (nSPS) is 19.9. The second-order valence-corrected chi connectivity index (χ2v) is 5.66. The van der Waals surface area contributed by atoms with Gasteiger partial charge in [0, 0.05) is 6.04 Å². The third kappa shape index (κ3) is 3.95. The molecule has 2 rings (SSSR count). The largest absolute Gasteiger partial charge is 0.491 e. The van der Waals surface area contributed by atoms with E-state index in [1.54, 1.807) is 0 Å². The molecule has 0 unspecified atom stereocenters. The highest BCUT2D eigenvalue weighted by atomic mass is 16.5. The molecule has 0 aromatic heterocycles. The molecule has 3 nitrogen and oxygen atoms in total. The third-order valence-corrected chi connectivity index (χ3v) is 4.04. The zero-order chi connectivity index (χ0) is 13.7. The van der Waals surface area contributed by atoms with E-state index in [1.165, 1.54) is 6.42 Å². The fourth-order valence-corrected chi connectivity index (χ4v) is 2.62. The molecule has 0 saturated heterocycles. The minimum absolute atomic E-state index is 0.0941. The Morgan fingerprint density at radius 3 is 2.42 bits per heavy atom. The van der Waals surface area contributed by atoms with Crippen LogP contribution >= 0.6 is 0 Å². The molecular weight excluding hydrogens is 238 g/mol. The van der Waals surface area contributed by atoms with E-state index in [1.807, 2.05) is 24.3 Å². The first kappa shape index (κ1) is 14.4. The zero-order valence-electron chi connectivity index (χ0n) is 11.8. The molecule has 1 atom stereocenters. The van der Waals surface area contributed by atoms with Gasteiger partial charge >= 0.3 is 0 Å². The summed E-state index contributed by atoms with van der Waals surface area (Å²) < 4.78 is 5.73. The average Bonchev–Trinajstić information content (AvgIpc) is 2.46. The fourth-order valence-electron chi connectivity index (χ4n) is 2.62. The SMILES string of the molecule is CC[C@H](N)c1ccc(OCC2(O)CCCCC2)cc1. The molecule has 0 bridgehead atoms. The first-order chi connectivity index (χ1) is 9.13. The summed E-state index contributed by atoms with van der Waals surface area (Å²) in [7, 11) is 0. The summed E-state index contributed by atoms with van der Waals surface area (Å²) in [6.07, 6.45) is 6.07. The van der Waals surface area contributed by atoms with Crippen molar-refractivity contribution in [1.82, 2.24) is 0 Å². The highest BCUT2D eigenvalue weighted by Gasteiger charge is 2.29. The Morgan fingerprint density at radius 1 is 1.21 bits per heavy atom. The molecule has 1 saturated carbocycles. The van der Waals surface area contributed by atoms with Crippen molar-refractivity contribution in [3.05, 3.63) is 29.8 Å². The molecule has 1 fully saturated rings. The molecule has 106 valence electrons. The van der Waals surface area contributed by atoms with Crippen LogP contribution in [-0.2, 0) is 0 Å². The van der Waals surface area contributed by atoms with Gasteiger partial charge in [0.2, 0.25) is 0 Å². The van der Waals surface area contributed by atoms with E-state index in [0.29, 0.717) is 6.61 Å². The number of hydrogen-bond donors (Lipinski definition) is 2. The summed E-state index contributed by atoms with van der Waals surface area (Å²) in [6.45, 7) is 2.47. The van der Waals surface area contributed by atoms with E-state index in [9.17, 15) is 5.11 Å². The maximum absolute atomic E-state index is 10.4. The lowest BCUT2D eigenvalue weighted by Crippen LogP contribution is -2.37. The topological polar surface area (TPSA) is 55.5 Å². The van der Waals surface area contributed by atoms with Gasteiger partial charge < -0.3 is 15.6 Å². The van der Waals surface area contributed by atoms with Crippen LogP contribution in [0.1, 0.15) is 57.1 Å². The molecule has 19 heavy (non-hydrogen) atoms. The van der Waals surface area contributed by atoms with E-state index in [0.717, 1.165) is 43.4 Å². The molecule has 0 spiro atoms. The molecule has 1 aliphatic carbocycles. The smallest absolute Gasteiger partial charge is 0.119 e. The molecule has 1 aromatic carbocycles. The lowest BCUT2D eigenvalue weighted by Gasteiger charge is -2.31. The lowest BCUT2D eigenvalue weighted by molar-refractivity contribution is -0.0339. The summed E-state index contributed by atoms with van der Waals surface area (Å²) in [4.78, 5) is 0. The van der Waals surface area contributed by atoms with Crippen molar-refractivity contribution < 1.29 is 9.84 Å². The molecule has 0 aliphatic heterocycles. The summed E-state index contributed by atoms with van der Waals surface area (Å²) in [5, 5.41) is 10.4. The maximum Gasteiger partial charge on any atom is 0.119 e. The van der Waals surface area contributed by atoms with Crippen molar-refractivity contribution in [3.8, 4) is 5.75 Å². The van der Waals surface area contributed by atoms with Gasteiger partial charge in [0.05, 0.1) is 5.60 Å². The maximum atomic E-state index is 10.4. The molecule has 0 heterocycles. The Kier molecular flexibility index (Phi) is 4.83. The molecule has 1 aliphatic rings. The van der Waals surface area contributed by atoms with E-state index < -0.39 is 5.60 Å². The summed E-state index contributed by atoms with van der Waals surface area (Å²) >= 11 is 0. The molecular formula is C16H25NO2. The van der Waals surface area contributed by atoms with Crippen LogP contribution in [0.2, 0.25) is 0 Å². The Balaban J connectivity index is 1.89. The van der Waals surface area contributed by atoms with Crippen LogP contribution in [0.4, 0.5) is 0 Å². The van der Waals surface area contributed by atoms with Gasteiger partial charge in [0.15, 0.2) is 0 Å². The first-order valence-corrected chi connectivity index (χ1v) is 7.34. The number of ether oxygens (including phenoxy) is 1. The quantitative estimate of drug-likeness (QED) is 0.858. The predicted molar refractivity (Wildman–Crippen MR) is 77.2 cm³/mol. The second-order valence-electron chi connectivity index (χ2n) is 5.66. The third-order valence-electron chi connectivity index (χ3n) is 4.04. The number of hydrogen-bond acceptors (Lipinski definition) is 3. The Labute approximate surface area is 115 Å². The van der Waals surface area contributed by atoms with Gasteiger partial charge in [0.25, 0.3) is 0 Å². The van der Waals surface area contributed by atoms with Crippen molar-refractivity contribution in [2.45, 2.75) is 57.1 Å². The molecule has 3 N–H and O–H groups in total. The van der Waals surface area contributed by atoms with Crippen molar-refractivity contribution in [3.63, 3.8) is 0 Å². The average molecular weight is 263 g/mol. The molecule has 0 radical (unpaired) electrons. The van der Waals surface area contributed by atoms with Gasteiger partial charge in [-0.05, 0) is 37.0 Å². The first-order valence-electron chi connectivity index (χ1n) is 7.34. The Hall–Kier alpha value is -1.06. The standard InChI is InChI=1S/C16H25NO2/c1-2-15(17)13-6-8-14(9-7-13)19-12-16(18)10-4-3-5-11-16/h6-9,15,18H,2-5,10-12,17H2,1H3/t15-/m0/s1. The monoisotopic (exact) mass is 263 g/mol. The van der Waals surface area contributed by atoms with Crippen LogP contribution in [0.3, 0.4) is 0 Å². The highest BCUT2D eigenvalue weighted by molar-refractivity contribution is 5.29. The van der Waals surface area contributed by atoms with Gasteiger partial charge in [-0.2, -0.15) is 0 Å². The van der Waals surface area contributed by atoms with Crippen LogP contribution in [0.15, 0.2) is 24.3 Å². The molecule has 3 heteroatoms. The van der Waals surface area contributed by atoms with Crippen LogP contribution in [0.5, 0.6) is 5.75 Å². The fraction of sp³-hybridized carbons (Fsp3) is 0.625. The summed E-state index contributed by atoms with van der Waals surface area (Å²) in [5.41, 5.74) is 6.48. The van der Waals surface area contributed by atoms with Crippen molar-refractivity contribution in [2.24, 2.45) is 5.73 Å². The number of aliphatic hydroxyl groups is 1. The Morgan fingerprint density at radius 2 is 1.84 bits per heavy atom. The van der Waals surface area contributed by atoms with E-state index in [-0.39, 0.29) is 6.04 Å². The van der Waals surface area contributed by atoms with Crippen LogP contribution in [0.25, 0.3) is 0 Å². The number of nitrogens with two attached hydrogens (primary N) is 1. The summed E-state index contributed by atoms with van der Waals surface area (Å²) in [5.74, 6) is 0.811. The van der Waals surface area contributed by atoms with Crippen molar-refractivity contribution in [1.29, 1.82) is 0 Å². The van der Waals surface area contributed by atoms with Crippen LogP contribution in [-0.4, -0.2) is 17.3 Å².